The standard InChI is InChI=1S/C17H24N2O5S/c1-2-23-17(22)19-8-5-14(6-9-19)18-15(20)11-24-16(21)4-3-13-7-10-25-12-13/h7,10,12,14H,2-6,8-9,11H2,1H3,(H,18,20). The fourth-order valence-corrected chi connectivity index (χ4v) is 3.29. The SMILES string of the molecule is CCOC(=O)N1CCC(NC(=O)COC(=O)CCc2ccsc2)CC1. The van der Waals surface area contributed by atoms with Crippen LogP contribution in [0.15, 0.2) is 16.8 Å². The molecule has 1 N–H and O–H groups in total. The van der Waals surface area contributed by atoms with Crippen LogP contribution in [-0.4, -0.2) is 55.2 Å². The number of rotatable bonds is 7. The van der Waals surface area contributed by atoms with E-state index in [0.717, 1.165) is 5.56 Å². The molecule has 0 aromatic carbocycles. The first-order chi connectivity index (χ1) is 12.1. The Hall–Kier alpha value is -2.09. The topological polar surface area (TPSA) is 84.9 Å². The first-order valence-electron chi connectivity index (χ1n) is 8.46. The molecule has 1 aliphatic rings. The average Bonchev–Trinajstić information content (AvgIpc) is 3.12. The number of likely N-dealkylation sites (tertiary alicyclic amines) is 1. The minimum Gasteiger partial charge on any atom is -0.456 e. The third-order valence-electron chi connectivity index (χ3n) is 3.95. The van der Waals surface area contributed by atoms with Crippen LogP contribution in [0.2, 0.25) is 0 Å². The highest BCUT2D eigenvalue weighted by molar-refractivity contribution is 7.07. The highest BCUT2D eigenvalue weighted by Gasteiger charge is 2.24. The van der Waals surface area contributed by atoms with Gasteiger partial charge in [-0.05, 0) is 48.6 Å². The number of aryl methyl sites for hydroxylation is 1. The summed E-state index contributed by atoms with van der Waals surface area (Å²) in [6.45, 7) is 2.95. The number of carbonyl (C=O) groups is 3. The van der Waals surface area contributed by atoms with Gasteiger partial charge < -0.3 is 19.7 Å². The van der Waals surface area contributed by atoms with E-state index in [2.05, 4.69) is 5.32 Å². The maximum atomic E-state index is 11.9. The van der Waals surface area contributed by atoms with Crippen LogP contribution in [0.3, 0.4) is 0 Å². The smallest absolute Gasteiger partial charge is 0.409 e. The van der Waals surface area contributed by atoms with E-state index in [4.69, 9.17) is 9.47 Å². The van der Waals surface area contributed by atoms with Gasteiger partial charge in [0.2, 0.25) is 0 Å². The zero-order valence-corrected chi connectivity index (χ0v) is 15.2. The second-order valence-corrected chi connectivity index (χ2v) is 6.60. The summed E-state index contributed by atoms with van der Waals surface area (Å²) >= 11 is 1.58. The van der Waals surface area contributed by atoms with E-state index in [-0.39, 0.29) is 37.0 Å². The van der Waals surface area contributed by atoms with Gasteiger partial charge in [-0.2, -0.15) is 11.3 Å². The number of hydrogen-bond donors (Lipinski definition) is 1. The second-order valence-electron chi connectivity index (χ2n) is 5.82. The van der Waals surface area contributed by atoms with Crippen molar-refractivity contribution in [1.82, 2.24) is 10.2 Å². The van der Waals surface area contributed by atoms with Gasteiger partial charge in [-0.25, -0.2) is 4.79 Å². The van der Waals surface area contributed by atoms with Gasteiger partial charge in [0, 0.05) is 25.6 Å². The third-order valence-corrected chi connectivity index (χ3v) is 4.68. The third kappa shape index (κ3) is 6.74. The lowest BCUT2D eigenvalue weighted by Crippen LogP contribution is -2.47. The monoisotopic (exact) mass is 368 g/mol. The number of piperidine rings is 1. The number of carbonyl (C=O) groups excluding carboxylic acids is 3. The number of amides is 2. The van der Waals surface area contributed by atoms with E-state index < -0.39 is 0 Å². The van der Waals surface area contributed by atoms with Crippen molar-refractivity contribution in [2.24, 2.45) is 0 Å². The molecule has 8 heteroatoms. The molecule has 1 aromatic rings. The molecule has 138 valence electrons. The second kappa shape index (κ2) is 10.0. The lowest BCUT2D eigenvalue weighted by molar-refractivity contribution is -0.148. The fraction of sp³-hybridized carbons (Fsp3) is 0.588. The Balaban J connectivity index is 1.59. The van der Waals surface area contributed by atoms with Crippen molar-refractivity contribution in [2.75, 3.05) is 26.3 Å². The summed E-state index contributed by atoms with van der Waals surface area (Å²) in [4.78, 5) is 36.8. The van der Waals surface area contributed by atoms with Crippen LogP contribution in [0.4, 0.5) is 4.79 Å². The van der Waals surface area contributed by atoms with Gasteiger partial charge in [-0.1, -0.05) is 0 Å². The van der Waals surface area contributed by atoms with Crippen molar-refractivity contribution in [2.45, 2.75) is 38.6 Å². The molecule has 1 aliphatic heterocycles. The molecule has 1 aromatic heterocycles. The van der Waals surface area contributed by atoms with Crippen LogP contribution in [0.1, 0.15) is 31.7 Å². The van der Waals surface area contributed by atoms with Crippen molar-refractivity contribution >= 4 is 29.3 Å². The van der Waals surface area contributed by atoms with Gasteiger partial charge in [-0.15, -0.1) is 0 Å². The Morgan fingerprint density at radius 2 is 2.04 bits per heavy atom. The van der Waals surface area contributed by atoms with E-state index in [9.17, 15) is 14.4 Å². The molecule has 0 unspecified atom stereocenters. The van der Waals surface area contributed by atoms with Crippen LogP contribution in [0.25, 0.3) is 0 Å². The average molecular weight is 368 g/mol. The van der Waals surface area contributed by atoms with Crippen molar-refractivity contribution in [3.05, 3.63) is 22.4 Å². The molecule has 0 aliphatic carbocycles. The van der Waals surface area contributed by atoms with Crippen LogP contribution in [0.5, 0.6) is 0 Å². The zero-order chi connectivity index (χ0) is 18.1. The number of nitrogens with one attached hydrogen (secondary N) is 1. The predicted molar refractivity (Wildman–Crippen MR) is 93.4 cm³/mol. The number of thiophene rings is 1. The summed E-state index contributed by atoms with van der Waals surface area (Å²) in [6.07, 6.45) is 1.90. The number of ether oxygens (including phenoxy) is 2. The Morgan fingerprint density at radius 1 is 1.28 bits per heavy atom. The van der Waals surface area contributed by atoms with Crippen molar-refractivity contribution in [3.8, 4) is 0 Å². The largest absolute Gasteiger partial charge is 0.456 e. The van der Waals surface area contributed by atoms with Crippen molar-refractivity contribution < 1.29 is 23.9 Å². The fourth-order valence-electron chi connectivity index (χ4n) is 2.59. The van der Waals surface area contributed by atoms with Crippen LogP contribution < -0.4 is 5.32 Å². The van der Waals surface area contributed by atoms with Crippen LogP contribution in [-0.2, 0) is 25.5 Å². The van der Waals surface area contributed by atoms with Gasteiger partial charge >= 0.3 is 12.1 Å². The first kappa shape index (κ1) is 19.2. The molecule has 2 amide bonds. The predicted octanol–water partition coefficient (Wildman–Crippen LogP) is 1.96. The van der Waals surface area contributed by atoms with Gasteiger partial charge in [0.05, 0.1) is 6.61 Å². The molecule has 0 radical (unpaired) electrons. The normalized spacial score (nSPS) is 14.8. The number of esters is 1. The highest BCUT2D eigenvalue weighted by Crippen LogP contribution is 2.12. The van der Waals surface area contributed by atoms with Crippen molar-refractivity contribution in [1.29, 1.82) is 0 Å². The van der Waals surface area contributed by atoms with E-state index in [1.807, 2.05) is 16.8 Å². The molecule has 25 heavy (non-hydrogen) atoms. The Bertz CT molecular complexity index is 568. The Kier molecular flexibility index (Phi) is 7.72. The quantitative estimate of drug-likeness (QED) is 0.744. The van der Waals surface area contributed by atoms with E-state index >= 15 is 0 Å². The lowest BCUT2D eigenvalue weighted by Gasteiger charge is -2.31. The maximum Gasteiger partial charge on any atom is 0.409 e. The maximum absolute atomic E-state index is 11.9. The molecule has 1 fully saturated rings. The Morgan fingerprint density at radius 3 is 2.68 bits per heavy atom. The lowest BCUT2D eigenvalue weighted by atomic mass is 10.1. The zero-order valence-electron chi connectivity index (χ0n) is 14.4. The van der Waals surface area contributed by atoms with E-state index in [0.29, 0.717) is 39.0 Å². The van der Waals surface area contributed by atoms with Crippen molar-refractivity contribution in [3.63, 3.8) is 0 Å². The molecule has 0 bridgehead atoms. The van der Waals surface area contributed by atoms with Gasteiger partial charge in [0.15, 0.2) is 6.61 Å². The number of nitrogens with zero attached hydrogens (tertiary/aromatic N) is 1. The first-order valence-corrected chi connectivity index (χ1v) is 9.40. The van der Waals surface area contributed by atoms with Crippen LogP contribution in [0, 0.1) is 0 Å². The minimum absolute atomic E-state index is 0.0114. The molecule has 0 spiro atoms. The van der Waals surface area contributed by atoms with Gasteiger partial charge in [0.25, 0.3) is 5.91 Å². The summed E-state index contributed by atoms with van der Waals surface area (Å²) in [5.74, 6) is -0.683. The molecule has 7 nitrogen and oxygen atoms in total. The highest BCUT2D eigenvalue weighted by atomic mass is 32.1. The minimum atomic E-state index is -0.376. The molecule has 0 atom stereocenters. The molecular formula is C17H24N2O5S. The van der Waals surface area contributed by atoms with E-state index in [1.54, 1.807) is 23.2 Å². The summed E-state index contributed by atoms with van der Waals surface area (Å²) in [6, 6.07) is 1.95. The molecule has 2 rings (SSSR count). The summed E-state index contributed by atoms with van der Waals surface area (Å²) in [7, 11) is 0. The molecule has 0 saturated carbocycles. The van der Waals surface area contributed by atoms with Gasteiger partial charge in [-0.3, -0.25) is 9.59 Å². The van der Waals surface area contributed by atoms with E-state index in [1.165, 1.54) is 0 Å². The summed E-state index contributed by atoms with van der Waals surface area (Å²) in [5.41, 5.74) is 1.10. The summed E-state index contributed by atoms with van der Waals surface area (Å²) < 4.78 is 9.96. The van der Waals surface area contributed by atoms with Crippen LogP contribution >= 0.6 is 11.3 Å². The van der Waals surface area contributed by atoms with Gasteiger partial charge in [0.1, 0.15) is 0 Å². The molecular weight excluding hydrogens is 344 g/mol. The Labute approximate surface area is 151 Å². The molecule has 1 saturated heterocycles. The number of hydrogen-bond acceptors (Lipinski definition) is 6. The molecule has 2 heterocycles. The summed E-state index contributed by atoms with van der Waals surface area (Å²) in [5, 5.41) is 6.79.